The number of carbonyl (C=O) groups excluding carboxylic acids is 1. The number of aromatic nitrogens is 1. The number of hydrogen-bond acceptors (Lipinski definition) is 5. The molecule has 0 aliphatic carbocycles. The lowest BCUT2D eigenvalue weighted by Gasteiger charge is -2.22. The summed E-state index contributed by atoms with van der Waals surface area (Å²) < 4.78 is 11.1. The fraction of sp³-hybridized carbons (Fsp3) is 0.136. The van der Waals surface area contributed by atoms with Crippen molar-refractivity contribution in [2.45, 2.75) is 19.9 Å². The van der Waals surface area contributed by atoms with Crippen molar-refractivity contribution in [1.82, 2.24) is 5.16 Å². The number of halogens is 1. The summed E-state index contributed by atoms with van der Waals surface area (Å²) >= 11 is 6.20. The van der Waals surface area contributed by atoms with Gasteiger partial charge in [0, 0.05) is 11.1 Å². The van der Waals surface area contributed by atoms with Crippen molar-refractivity contribution >= 4 is 34.3 Å². The molecule has 1 atom stereocenters. The van der Waals surface area contributed by atoms with Crippen molar-refractivity contribution in [3.05, 3.63) is 92.0 Å². The van der Waals surface area contributed by atoms with Crippen LogP contribution in [0.2, 0.25) is 5.02 Å². The first-order chi connectivity index (χ1) is 13.9. The number of fused-ring (bicyclic) bond motifs is 2. The van der Waals surface area contributed by atoms with E-state index in [0.29, 0.717) is 33.1 Å². The van der Waals surface area contributed by atoms with Crippen LogP contribution in [-0.4, -0.2) is 11.1 Å². The Balaban J connectivity index is 1.84. The van der Waals surface area contributed by atoms with E-state index in [-0.39, 0.29) is 16.8 Å². The van der Waals surface area contributed by atoms with Gasteiger partial charge in [0.15, 0.2) is 11.2 Å². The van der Waals surface area contributed by atoms with Gasteiger partial charge in [-0.3, -0.25) is 14.5 Å². The van der Waals surface area contributed by atoms with Gasteiger partial charge in [0.05, 0.1) is 17.0 Å². The van der Waals surface area contributed by atoms with Gasteiger partial charge < -0.3 is 8.94 Å². The highest BCUT2D eigenvalue weighted by atomic mass is 35.5. The van der Waals surface area contributed by atoms with Gasteiger partial charge in [-0.1, -0.05) is 40.5 Å². The topological polar surface area (TPSA) is 76.6 Å². The molecule has 0 saturated carbocycles. The Kier molecular flexibility index (Phi) is 3.86. The first kappa shape index (κ1) is 17.7. The third kappa shape index (κ3) is 2.68. The molecule has 6 nitrogen and oxygen atoms in total. The van der Waals surface area contributed by atoms with Crippen LogP contribution in [0, 0.1) is 13.8 Å². The molecule has 144 valence electrons. The first-order valence-corrected chi connectivity index (χ1v) is 9.41. The normalized spacial score (nSPS) is 15.9. The number of hydrogen-bond donors (Lipinski definition) is 0. The van der Waals surface area contributed by atoms with Gasteiger partial charge in [-0.05, 0) is 43.7 Å². The van der Waals surface area contributed by atoms with Crippen molar-refractivity contribution in [2.75, 3.05) is 4.90 Å². The SMILES string of the molecule is Cc1ccc2oc3c(c(=O)c2c1)[C@H](c1cccc(Cl)c1)N(c1cc(C)on1)C3=O. The van der Waals surface area contributed by atoms with Crippen LogP contribution in [0.5, 0.6) is 0 Å². The van der Waals surface area contributed by atoms with Crippen LogP contribution >= 0.6 is 11.6 Å². The van der Waals surface area contributed by atoms with Crippen LogP contribution in [0.4, 0.5) is 5.82 Å². The molecule has 2 aromatic heterocycles. The molecule has 1 amide bonds. The van der Waals surface area contributed by atoms with Crippen molar-refractivity contribution in [3.63, 3.8) is 0 Å². The quantitative estimate of drug-likeness (QED) is 0.478. The third-order valence-corrected chi connectivity index (χ3v) is 5.29. The molecule has 0 N–H and O–H groups in total. The van der Waals surface area contributed by atoms with Gasteiger partial charge in [-0.25, -0.2) is 0 Å². The Morgan fingerprint density at radius 3 is 2.62 bits per heavy atom. The predicted octanol–water partition coefficient (Wildman–Crippen LogP) is 4.80. The van der Waals surface area contributed by atoms with E-state index in [1.54, 1.807) is 43.3 Å². The highest BCUT2D eigenvalue weighted by Crippen LogP contribution is 2.41. The molecule has 7 heteroatoms. The zero-order valence-electron chi connectivity index (χ0n) is 15.6. The zero-order valence-corrected chi connectivity index (χ0v) is 16.4. The van der Waals surface area contributed by atoms with Crippen molar-refractivity contribution in [1.29, 1.82) is 0 Å². The number of aryl methyl sites for hydroxylation is 2. The van der Waals surface area contributed by atoms with E-state index in [9.17, 15) is 9.59 Å². The lowest BCUT2D eigenvalue weighted by molar-refractivity contribution is 0.0969. The number of anilines is 1. The fourth-order valence-corrected chi connectivity index (χ4v) is 3.98. The van der Waals surface area contributed by atoms with Gasteiger partial charge in [0.2, 0.25) is 5.76 Å². The summed E-state index contributed by atoms with van der Waals surface area (Å²) in [4.78, 5) is 28.2. The molecule has 3 heterocycles. The van der Waals surface area contributed by atoms with Gasteiger partial charge in [-0.15, -0.1) is 0 Å². The molecule has 0 spiro atoms. The van der Waals surface area contributed by atoms with E-state index in [0.717, 1.165) is 5.56 Å². The van der Waals surface area contributed by atoms with Gasteiger partial charge in [0.1, 0.15) is 11.3 Å². The number of rotatable bonds is 2. The van der Waals surface area contributed by atoms with Gasteiger partial charge >= 0.3 is 0 Å². The molecule has 0 fully saturated rings. The van der Waals surface area contributed by atoms with Crippen LogP contribution < -0.4 is 10.3 Å². The Morgan fingerprint density at radius 1 is 1.07 bits per heavy atom. The largest absolute Gasteiger partial charge is 0.450 e. The monoisotopic (exact) mass is 406 g/mol. The van der Waals surface area contributed by atoms with Crippen LogP contribution in [0.25, 0.3) is 11.0 Å². The molecular weight excluding hydrogens is 392 g/mol. The smallest absolute Gasteiger partial charge is 0.296 e. The Labute approximate surface area is 170 Å². The number of benzene rings is 2. The summed E-state index contributed by atoms with van der Waals surface area (Å²) in [5, 5.41) is 4.93. The molecule has 0 unspecified atom stereocenters. The van der Waals surface area contributed by atoms with E-state index in [4.69, 9.17) is 20.5 Å². The molecule has 1 aliphatic heterocycles. The van der Waals surface area contributed by atoms with E-state index in [2.05, 4.69) is 5.16 Å². The first-order valence-electron chi connectivity index (χ1n) is 9.04. The second kappa shape index (κ2) is 6.32. The maximum atomic E-state index is 13.5. The molecule has 1 aliphatic rings. The molecule has 29 heavy (non-hydrogen) atoms. The summed E-state index contributed by atoms with van der Waals surface area (Å²) in [6.45, 7) is 3.63. The maximum Gasteiger partial charge on any atom is 0.296 e. The van der Waals surface area contributed by atoms with E-state index >= 15 is 0 Å². The second-order valence-electron chi connectivity index (χ2n) is 7.10. The van der Waals surface area contributed by atoms with Gasteiger partial charge in [0.25, 0.3) is 5.91 Å². The average Bonchev–Trinajstić information content (AvgIpc) is 3.24. The Bertz CT molecular complexity index is 1350. The Hall–Kier alpha value is -3.38. The van der Waals surface area contributed by atoms with Gasteiger partial charge in [-0.2, -0.15) is 0 Å². The van der Waals surface area contributed by atoms with Crippen LogP contribution in [0.3, 0.4) is 0 Å². The number of nitrogens with zero attached hydrogens (tertiary/aromatic N) is 2. The van der Waals surface area contributed by atoms with E-state index in [1.807, 2.05) is 19.1 Å². The summed E-state index contributed by atoms with van der Waals surface area (Å²) in [5.41, 5.74) is 2.01. The Morgan fingerprint density at radius 2 is 1.90 bits per heavy atom. The maximum absolute atomic E-state index is 13.5. The summed E-state index contributed by atoms with van der Waals surface area (Å²) in [6.07, 6.45) is 0. The van der Waals surface area contributed by atoms with Crippen molar-refractivity contribution in [3.8, 4) is 0 Å². The molecule has 0 saturated heterocycles. The summed E-state index contributed by atoms with van der Waals surface area (Å²) in [6, 6.07) is 13.3. The van der Waals surface area contributed by atoms with Crippen molar-refractivity contribution in [2.24, 2.45) is 0 Å². The lowest BCUT2D eigenvalue weighted by atomic mass is 9.98. The summed E-state index contributed by atoms with van der Waals surface area (Å²) in [7, 11) is 0. The lowest BCUT2D eigenvalue weighted by Crippen LogP contribution is -2.29. The minimum Gasteiger partial charge on any atom is -0.450 e. The molecule has 0 bridgehead atoms. The average molecular weight is 407 g/mol. The molecule has 5 rings (SSSR count). The second-order valence-corrected chi connectivity index (χ2v) is 7.54. The molecule has 4 aromatic rings. The highest BCUT2D eigenvalue weighted by molar-refractivity contribution is 6.30. The van der Waals surface area contributed by atoms with E-state index < -0.39 is 11.9 Å². The summed E-state index contributed by atoms with van der Waals surface area (Å²) in [5.74, 6) is 0.423. The molecular formula is C22H15ClN2O4. The zero-order chi connectivity index (χ0) is 20.3. The minimum atomic E-state index is -0.720. The molecule has 2 aromatic carbocycles. The predicted molar refractivity (Wildman–Crippen MR) is 109 cm³/mol. The van der Waals surface area contributed by atoms with Crippen LogP contribution in [0.15, 0.2) is 62.3 Å². The standard InChI is InChI=1S/C22H15ClN2O4/c1-11-6-7-16-15(8-11)20(26)18-19(13-4-3-5-14(23)10-13)25(22(27)21(18)28-16)17-9-12(2)29-24-17/h3-10,19H,1-2H3/t19-/m0/s1. The van der Waals surface area contributed by atoms with E-state index in [1.165, 1.54) is 4.90 Å². The third-order valence-electron chi connectivity index (χ3n) is 5.05. The number of amides is 1. The van der Waals surface area contributed by atoms with Crippen LogP contribution in [-0.2, 0) is 0 Å². The number of carbonyl (C=O) groups is 1. The highest BCUT2D eigenvalue weighted by Gasteiger charge is 2.44. The van der Waals surface area contributed by atoms with Crippen LogP contribution in [0.1, 0.15) is 39.0 Å². The molecule has 0 radical (unpaired) electrons. The minimum absolute atomic E-state index is 0.0111. The van der Waals surface area contributed by atoms with Crippen molar-refractivity contribution < 1.29 is 13.7 Å². The fourth-order valence-electron chi connectivity index (χ4n) is 3.78.